The number of piperidine rings is 1. The summed E-state index contributed by atoms with van der Waals surface area (Å²) in [6.45, 7) is 2.98. The SMILES string of the molecule is CC(NC(=O)/C=C/c1ccccc1)C(=O)N1CCC(c2nc3ccccc3o2)CC1. The van der Waals surface area contributed by atoms with Crippen molar-refractivity contribution in [3.05, 3.63) is 72.1 Å². The van der Waals surface area contributed by atoms with Gasteiger partial charge in [0.1, 0.15) is 11.6 Å². The van der Waals surface area contributed by atoms with Gasteiger partial charge in [0.15, 0.2) is 11.5 Å². The Morgan fingerprint density at radius 2 is 1.80 bits per heavy atom. The fourth-order valence-electron chi connectivity index (χ4n) is 3.74. The van der Waals surface area contributed by atoms with Crippen LogP contribution in [-0.4, -0.2) is 40.8 Å². The van der Waals surface area contributed by atoms with Crippen molar-refractivity contribution in [3.63, 3.8) is 0 Å². The summed E-state index contributed by atoms with van der Waals surface area (Å²) in [5.74, 6) is 0.615. The highest BCUT2D eigenvalue weighted by molar-refractivity contribution is 5.95. The molecule has 0 saturated carbocycles. The summed E-state index contributed by atoms with van der Waals surface area (Å²) in [5.41, 5.74) is 2.60. The van der Waals surface area contributed by atoms with Crippen molar-refractivity contribution in [2.24, 2.45) is 0 Å². The average Bonchev–Trinajstić information content (AvgIpc) is 3.22. The van der Waals surface area contributed by atoms with Gasteiger partial charge >= 0.3 is 0 Å². The van der Waals surface area contributed by atoms with Gasteiger partial charge in [-0.3, -0.25) is 9.59 Å². The maximum absolute atomic E-state index is 12.7. The van der Waals surface area contributed by atoms with Crippen molar-refractivity contribution in [2.45, 2.75) is 31.7 Å². The van der Waals surface area contributed by atoms with E-state index >= 15 is 0 Å². The Bertz CT molecular complexity index is 1020. The predicted molar refractivity (Wildman–Crippen MR) is 116 cm³/mol. The number of hydrogen-bond acceptors (Lipinski definition) is 4. The third-order valence-corrected chi connectivity index (χ3v) is 5.42. The Kier molecular flexibility index (Phi) is 5.93. The lowest BCUT2D eigenvalue weighted by molar-refractivity contribution is -0.136. The van der Waals surface area contributed by atoms with Crippen LogP contribution in [0.3, 0.4) is 0 Å². The Morgan fingerprint density at radius 1 is 1.10 bits per heavy atom. The van der Waals surface area contributed by atoms with Gasteiger partial charge in [-0.25, -0.2) is 4.98 Å². The van der Waals surface area contributed by atoms with Crippen LogP contribution >= 0.6 is 0 Å². The zero-order chi connectivity index (χ0) is 20.9. The molecule has 1 aliphatic heterocycles. The molecule has 0 spiro atoms. The lowest BCUT2D eigenvalue weighted by Gasteiger charge is -2.32. The highest BCUT2D eigenvalue weighted by Gasteiger charge is 2.29. The fraction of sp³-hybridized carbons (Fsp3) is 0.292. The molecule has 154 valence electrons. The highest BCUT2D eigenvalue weighted by Crippen LogP contribution is 2.30. The number of amides is 2. The molecule has 4 rings (SSSR count). The largest absolute Gasteiger partial charge is 0.440 e. The lowest BCUT2D eigenvalue weighted by Crippen LogP contribution is -2.48. The molecule has 2 amide bonds. The van der Waals surface area contributed by atoms with Gasteiger partial charge in [0.05, 0.1) is 0 Å². The number of nitrogens with one attached hydrogen (secondary N) is 1. The normalized spacial score (nSPS) is 16.1. The van der Waals surface area contributed by atoms with Crippen LogP contribution in [0.1, 0.15) is 37.1 Å². The van der Waals surface area contributed by atoms with Gasteiger partial charge < -0.3 is 14.6 Å². The second kappa shape index (κ2) is 8.95. The lowest BCUT2D eigenvalue weighted by atomic mass is 9.96. The minimum absolute atomic E-state index is 0.0625. The second-order valence-electron chi connectivity index (χ2n) is 7.59. The van der Waals surface area contributed by atoms with E-state index < -0.39 is 6.04 Å². The van der Waals surface area contributed by atoms with Crippen molar-refractivity contribution in [1.29, 1.82) is 0 Å². The average molecular weight is 403 g/mol. The number of hydrogen-bond donors (Lipinski definition) is 1. The van der Waals surface area contributed by atoms with Crippen molar-refractivity contribution in [2.75, 3.05) is 13.1 Å². The first-order valence-electron chi connectivity index (χ1n) is 10.3. The van der Waals surface area contributed by atoms with Crippen LogP contribution in [0.4, 0.5) is 0 Å². The molecule has 0 aliphatic carbocycles. The molecule has 1 aromatic heterocycles. The first-order chi connectivity index (χ1) is 14.6. The number of likely N-dealkylation sites (tertiary alicyclic amines) is 1. The second-order valence-corrected chi connectivity index (χ2v) is 7.59. The van der Waals surface area contributed by atoms with Crippen LogP contribution in [0.15, 0.2) is 65.1 Å². The van der Waals surface area contributed by atoms with Crippen LogP contribution < -0.4 is 5.32 Å². The third-order valence-electron chi connectivity index (χ3n) is 5.42. The maximum atomic E-state index is 12.7. The molecule has 6 heteroatoms. The van der Waals surface area contributed by atoms with E-state index in [2.05, 4.69) is 10.3 Å². The summed E-state index contributed by atoms with van der Waals surface area (Å²) in [6.07, 6.45) is 4.79. The minimum atomic E-state index is -0.571. The van der Waals surface area contributed by atoms with Crippen molar-refractivity contribution in [3.8, 4) is 0 Å². The van der Waals surface area contributed by atoms with Gasteiger partial charge in [0.25, 0.3) is 0 Å². The molecule has 3 aromatic rings. The van der Waals surface area contributed by atoms with E-state index in [0.717, 1.165) is 35.4 Å². The quantitative estimate of drug-likeness (QED) is 0.659. The van der Waals surface area contributed by atoms with Crippen molar-refractivity contribution < 1.29 is 14.0 Å². The van der Waals surface area contributed by atoms with E-state index in [-0.39, 0.29) is 17.7 Å². The molecular weight excluding hydrogens is 378 g/mol. The summed E-state index contributed by atoms with van der Waals surface area (Å²) in [5, 5.41) is 2.76. The first-order valence-corrected chi connectivity index (χ1v) is 10.3. The standard InChI is InChI=1S/C24H25N3O3/c1-17(25-22(28)12-11-18-7-3-2-4-8-18)24(29)27-15-13-19(14-16-27)23-26-20-9-5-6-10-21(20)30-23/h2-12,17,19H,13-16H2,1H3,(H,25,28)/b12-11+. The van der Waals surface area contributed by atoms with E-state index in [1.54, 1.807) is 13.0 Å². The van der Waals surface area contributed by atoms with Crippen LogP contribution in [0, 0.1) is 0 Å². The number of carbonyl (C=O) groups excluding carboxylic acids is 2. The molecule has 1 N–H and O–H groups in total. The Morgan fingerprint density at radius 3 is 2.53 bits per heavy atom. The zero-order valence-corrected chi connectivity index (χ0v) is 17.0. The summed E-state index contributed by atoms with van der Waals surface area (Å²) < 4.78 is 5.89. The van der Waals surface area contributed by atoms with E-state index in [0.29, 0.717) is 13.1 Å². The zero-order valence-electron chi connectivity index (χ0n) is 17.0. The van der Waals surface area contributed by atoms with Gasteiger partial charge in [0, 0.05) is 25.1 Å². The van der Waals surface area contributed by atoms with E-state index in [4.69, 9.17) is 4.42 Å². The number of rotatable bonds is 5. The van der Waals surface area contributed by atoms with E-state index in [1.165, 1.54) is 6.08 Å². The predicted octanol–water partition coefficient (Wildman–Crippen LogP) is 3.75. The molecule has 1 unspecified atom stereocenters. The number of fused-ring (bicyclic) bond motifs is 1. The maximum Gasteiger partial charge on any atom is 0.244 e. The molecule has 30 heavy (non-hydrogen) atoms. The monoisotopic (exact) mass is 403 g/mol. The molecule has 1 aliphatic rings. The van der Waals surface area contributed by atoms with Crippen molar-refractivity contribution >= 4 is 29.0 Å². The number of aromatic nitrogens is 1. The molecule has 6 nitrogen and oxygen atoms in total. The van der Waals surface area contributed by atoms with Gasteiger partial charge in [-0.1, -0.05) is 42.5 Å². The molecule has 0 radical (unpaired) electrons. The molecule has 1 saturated heterocycles. The Balaban J connectivity index is 1.29. The van der Waals surface area contributed by atoms with Gasteiger partial charge in [-0.05, 0) is 43.5 Å². The number of carbonyl (C=O) groups is 2. The highest BCUT2D eigenvalue weighted by atomic mass is 16.3. The summed E-state index contributed by atoms with van der Waals surface area (Å²) in [7, 11) is 0. The molecule has 1 atom stereocenters. The summed E-state index contributed by atoms with van der Waals surface area (Å²) in [4.78, 5) is 31.3. The van der Waals surface area contributed by atoms with E-state index in [1.807, 2.05) is 59.5 Å². The van der Waals surface area contributed by atoms with Crippen molar-refractivity contribution in [1.82, 2.24) is 15.2 Å². The molecule has 0 bridgehead atoms. The van der Waals surface area contributed by atoms with Gasteiger partial charge in [0.2, 0.25) is 11.8 Å². The number of oxazole rings is 1. The van der Waals surface area contributed by atoms with Crippen LogP contribution in [0.5, 0.6) is 0 Å². The van der Waals surface area contributed by atoms with E-state index in [9.17, 15) is 9.59 Å². The fourth-order valence-corrected chi connectivity index (χ4v) is 3.74. The minimum Gasteiger partial charge on any atom is -0.440 e. The van der Waals surface area contributed by atoms with Crippen LogP contribution in [-0.2, 0) is 9.59 Å². The van der Waals surface area contributed by atoms with Gasteiger partial charge in [-0.2, -0.15) is 0 Å². The third kappa shape index (κ3) is 4.59. The molecule has 1 fully saturated rings. The molecule has 2 heterocycles. The Hall–Kier alpha value is -3.41. The number of nitrogens with zero attached hydrogens (tertiary/aromatic N) is 2. The smallest absolute Gasteiger partial charge is 0.244 e. The number of para-hydroxylation sites is 2. The first kappa shape index (κ1) is 19.9. The van der Waals surface area contributed by atoms with Crippen LogP contribution in [0.2, 0.25) is 0 Å². The molecular formula is C24H25N3O3. The van der Waals surface area contributed by atoms with Crippen LogP contribution in [0.25, 0.3) is 17.2 Å². The topological polar surface area (TPSA) is 75.4 Å². The van der Waals surface area contributed by atoms with Gasteiger partial charge in [-0.15, -0.1) is 0 Å². The summed E-state index contributed by atoms with van der Waals surface area (Å²) in [6, 6.07) is 16.7. The Labute approximate surface area is 175 Å². The summed E-state index contributed by atoms with van der Waals surface area (Å²) >= 11 is 0. The number of benzene rings is 2. The molecule has 2 aromatic carbocycles.